The Morgan fingerprint density at radius 3 is 2.50 bits per heavy atom. The fourth-order valence-corrected chi connectivity index (χ4v) is 2.64. The van der Waals surface area contributed by atoms with Crippen molar-refractivity contribution in [3.05, 3.63) is 53.5 Å². The van der Waals surface area contributed by atoms with Crippen molar-refractivity contribution < 1.29 is 14.3 Å². The van der Waals surface area contributed by atoms with Crippen molar-refractivity contribution in [3.63, 3.8) is 0 Å². The molecule has 1 aromatic carbocycles. The Bertz CT molecular complexity index is 736. The normalized spacial score (nSPS) is 13.8. The molecule has 154 valence electrons. The summed E-state index contributed by atoms with van der Waals surface area (Å²) < 4.78 is 11.3. The predicted molar refractivity (Wildman–Crippen MR) is 113 cm³/mol. The largest absolute Gasteiger partial charge is 0.494 e. The minimum absolute atomic E-state index is 0.214. The van der Waals surface area contributed by atoms with Crippen molar-refractivity contribution >= 4 is 5.96 Å². The third-order valence-electron chi connectivity index (χ3n) is 4.31. The zero-order valence-electron chi connectivity index (χ0n) is 17.4. The highest BCUT2D eigenvalue weighted by Gasteiger charge is 2.26. The Labute approximate surface area is 168 Å². The second-order valence-corrected chi connectivity index (χ2v) is 7.17. The molecule has 1 atom stereocenters. The lowest BCUT2D eigenvalue weighted by Gasteiger charge is -2.19. The molecule has 1 heterocycles. The number of furan rings is 1. The number of nitrogens with zero attached hydrogens (tertiary/aromatic N) is 1. The van der Waals surface area contributed by atoms with E-state index < -0.39 is 5.60 Å². The molecule has 2 aromatic rings. The average molecular weight is 388 g/mol. The van der Waals surface area contributed by atoms with Gasteiger partial charge in [-0.15, -0.1) is 0 Å². The number of nitrogens with one attached hydrogen (secondary N) is 2. The van der Waals surface area contributed by atoms with E-state index in [4.69, 9.17) is 9.15 Å². The summed E-state index contributed by atoms with van der Waals surface area (Å²) in [4.78, 5) is 4.50. The van der Waals surface area contributed by atoms with Crippen LogP contribution in [0.2, 0.25) is 0 Å². The quantitative estimate of drug-likeness (QED) is 0.330. The van der Waals surface area contributed by atoms with Crippen LogP contribution in [0.25, 0.3) is 0 Å². The SMILES string of the molecule is CCNC(=NCC(C)(O)c1ccc(C)o1)NCCCCOc1ccc(C)cc1. The van der Waals surface area contributed by atoms with Crippen LogP contribution in [0.1, 0.15) is 43.8 Å². The molecule has 1 unspecified atom stereocenters. The second-order valence-electron chi connectivity index (χ2n) is 7.17. The number of aliphatic imine (C=N–C) groups is 1. The standard InChI is InChI=1S/C22H33N3O3/c1-5-23-21(25-16-22(4,26)20-13-10-18(3)28-20)24-14-6-7-15-27-19-11-8-17(2)9-12-19/h8-13,26H,5-7,14-16H2,1-4H3,(H2,23,24,25). The molecule has 0 aliphatic heterocycles. The number of hydrogen-bond acceptors (Lipinski definition) is 4. The maximum atomic E-state index is 10.6. The first-order chi connectivity index (χ1) is 13.4. The fraction of sp³-hybridized carbons (Fsp3) is 0.500. The zero-order chi connectivity index (χ0) is 20.4. The second kappa shape index (κ2) is 10.8. The van der Waals surface area contributed by atoms with Crippen molar-refractivity contribution in [1.82, 2.24) is 10.6 Å². The Morgan fingerprint density at radius 1 is 1.11 bits per heavy atom. The monoisotopic (exact) mass is 387 g/mol. The first kappa shape index (κ1) is 21.8. The van der Waals surface area contributed by atoms with Crippen molar-refractivity contribution in [1.29, 1.82) is 0 Å². The summed E-state index contributed by atoms with van der Waals surface area (Å²) in [6.07, 6.45) is 1.91. The Balaban J connectivity index is 1.72. The summed E-state index contributed by atoms with van der Waals surface area (Å²) in [5.41, 5.74) is 0.0892. The minimum Gasteiger partial charge on any atom is -0.494 e. The van der Waals surface area contributed by atoms with Gasteiger partial charge in [0.25, 0.3) is 0 Å². The molecule has 0 bridgehead atoms. The maximum absolute atomic E-state index is 10.6. The first-order valence-electron chi connectivity index (χ1n) is 9.91. The van der Waals surface area contributed by atoms with E-state index in [2.05, 4.69) is 34.7 Å². The van der Waals surface area contributed by atoms with Crippen LogP contribution in [0.3, 0.4) is 0 Å². The highest BCUT2D eigenvalue weighted by atomic mass is 16.5. The maximum Gasteiger partial charge on any atom is 0.191 e. The average Bonchev–Trinajstić information content (AvgIpc) is 3.11. The molecule has 3 N–H and O–H groups in total. The van der Waals surface area contributed by atoms with Crippen LogP contribution in [0.15, 0.2) is 45.8 Å². The Morgan fingerprint density at radius 2 is 1.86 bits per heavy atom. The Hall–Kier alpha value is -2.47. The van der Waals surface area contributed by atoms with Gasteiger partial charge in [-0.25, -0.2) is 4.99 Å². The molecule has 0 radical (unpaired) electrons. The van der Waals surface area contributed by atoms with Crippen LogP contribution < -0.4 is 15.4 Å². The summed E-state index contributed by atoms with van der Waals surface area (Å²) in [7, 11) is 0. The summed E-state index contributed by atoms with van der Waals surface area (Å²) in [5, 5.41) is 17.1. The van der Waals surface area contributed by atoms with Crippen LogP contribution in [-0.2, 0) is 5.60 Å². The summed E-state index contributed by atoms with van der Waals surface area (Å²) in [6, 6.07) is 11.7. The number of ether oxygens (including phenoxy) is 1. The number of guanidine groups is 1. The number of hydrogen-bond donors (Lipinski definition) is 3. The first-order valence-corrected chi connectivity index (χ1v) is 9.91. The third-order valence-corrected chi connectivity index (χ3v) is 4.31. The fourth-order valence-electron chi connectivity index (χ4n) is 2.64. The van der Waals surface area contributed by atoms with E-state index in [1.165, 1.54) is 5.56 Å². The molecule has 0 aliphatic carbocycles. The molecule has 28 heavy (non-hydrogen) atoms. The van der Waals surface area contributed by atoms with Gasteiger partial charge >= 0.3 is 0 Å². The van der Waals surface area contributed by atoms with Crippen molar-refractivity contribution in [3.8, 4) is 5.75 Å². The van der Waals surface area contributed by atoms with Crippen molar-refractivity contribution in [2.75, 3.05) is 26.2 Å². The van der Waals surface area contributed by atoms with Crippen LogP contribution in [0.4, 0.5) is 0 Å². The molecule has 2 rings (SSSR count). The van der Waals surface area contributed by atoms with Gasteiger partial charge in [-0.05, 0) is 64.8 Å². The van der Waals surface area contributed by atoms with Gasteiger partial charge in [-0.2, -0.15) is 0 Å². The topological polar surface area (TPSA) is 79.0 Å². The van der Waals surface area contributed by atoms with Gasteiger partial charge in [0.1, 0.15) is 22.9 Å². The van der Waals surface area contributed by atoms with Gasteiger partial charge in [0.05, 0.1) is 13.2 Å². The van der Waals surface area contributed by atoms with Crippen LogP contribution in [0, 0.1) is 13.8 Å². The molecular formula is C22H33N3O3. The lowest BCUT2D eigenvalue weighted by atomic mass is 10.0. The summed E-state index contributed by atoms with van der Waals surface area (Å²) >= 11 is 0. The van der Waals surface area contributed by atoms with Crippen LogP contribution in [-0.4, -0.2) is 37.3 Å². The van der Waals surface area contributed by atoms with Gasteiger partial charge in [-0.3, -0.25) is 0 Å². The van der Waals surface area contributed by atoms with E-state index in [0.29, 0.717) is 18.3 Å². The molecule has 0 saturated carbocycles. The van der Waals surface area contributed by atoms with E-state index in [-0.39, 0.29) is 6.54 Å². The number of aliphatic hydroxyl groups is 1. The molecule has 0 fully saturated rings. The molecule has 0 amide bonds. The molecule has 0 aliphatic rings. The highest BCUT2D eigenvalue weighted by Crippen LogP contribution is 2.23. The third kappa shape index (κ3) is 7.27. The molecule has 6 nitrogen and oxygen atoms in total. The minimum atomic E-state index is -1.14. The zero-order valence-corrected chi connectivity index (χ0v) is 17.4. The van der Waals surface area contributed by atoms with E-state index in [9.17, 15) is 5.11 Å². The van der Waals surface area contributed by atoms with E-state index in [1.54, 1.807) is 13.0 Å². The van der Waals surface area contributed by atoms with Gasteiger partial charge in [0.15, 0.2) is 5.96 Å². The number of benzene rings is 1. The van der Waals surface area contributed by atoms with Crippen LogP contribution >= 0.6 is 0 Å². The number of rotatable bonds is 10. The molecule has 0 saturated heterocycles. The predicted octanol–water partition coefficient (Wildman–Crippen LogP) is 3.52. The van der Waals surface area contributed by atoms with Gasteiger partial charge < -0.3 is 24.9 Å². The lowest BCUT2D eigenvalue weighted by Crippen LogP contribution is -2.39. The summed E-state index contributed by atoms with van der Waals surface area (Å²) in [6.45, 7) is 10.1. The van der Waals surface area contributed by atoms with Gasteiger partial charge in [0.2, 0.25) is 0 Å². The smallest absolute Gasteiger partial charge is 0.191 e. The lowest BCUT2D eigenvalue weighted by molar-refractivity contribution is 0.0428. The van der Waals surface area contributed by atoms with Crippen molar-refractivity contribution in [2.45, 2.75) is 46.1 Å². The number of aryl methyl sites for hydroxylation is 2. The van der Waals surface area contributed by atoms with E-state index in [0.717, 1.165) is 37.4 Å². The van der Waals surface area contributed by atoms with E-state index >= 15 is 0 Å². The van der Waals surface area contributed by atoms with Crippen LogP contribution in [0.5, 0.6) is 5.75 Å². The molecule has 1 aromatic heterocycles. The summed E-state index contributed by atoms with van der Waals surface area (Å²) in [5.74, 6) is 2.89. The van der Waals surface area contributed by atoms with Gasteiger partial charge in [-0.1, -0.05) is 17.7 Å². The van der Waals surface area contributed by atoms with Gasteiger partial charge in [0, 0.05) is 13.1 Å². The molecule has 6 heteroatoms. The van der Waals surface area contributed by atoms with E-state index in [1.807, 2.05) is 32.0 Å². The molecule has 0 spiro atoms. The number of unbranched alkanes of at least 4 members (excludes halogenated alkanes) is 1. The highest BCUT2D eigenvalue weighted by molar-refractivity contribution is 5.79. The molecular weight excluding hydrogens is 354 g/mol. The van der Waals surface area contributed by atoms with Crippen molar-refractivity contribution in [2.24, 2.45) is 4.99 Å². The Kier molecular flexibility index (Phi) is 8.39.